The third-order valence-electron chi connectivity index (χ3n) is 2.09. The van der Waals surface area contributed by atoms with Gasteiger partial charge >= 0.3 is 0 Å². The van der Waals surface area contributed by atoms with Gasteiger partial charge in [0.25, 0.3) is 0 Å². The zero-order valence-corrected chi connectivity index (χ0v) is 9.99. The average Bonchev–Trinajstić information content (AvgIpc) is 2.20. The van der Waals surface area contributed by atoms with E-state index in [1.807, 2.05) is 6.92 Å². The summed E-state index contributed by atoms with van der Waals surface area (Å²) in [5, 5.41) is 0.0892. The maximum absolute atomic E-state index is 13.0. The Bertz CT molecular complexity index is 595. The number of halogens is 2. The SMILES string of the molecule is Cc1nc(=S)cc(-c2ccc(F)c(Cl)c2)[nH]1. The number of aryl methyl sites for hydroxylation is 1. The summed E-state index contributed by atoms with van der Waals surface area (Å²) in [7, 11) is 0. The fourth-order valence-electron chi connectivity index (χ4n) is 1.40. The molecule has 5 heteroatoms. The lowest BCUT2D eigenvalue weighted by molar-refractivity contribution is 0.628. The Hall–Kier alpha value is -1.26. The quantitative estimate of drug-likeness (QED) is 0.782. The Kier molecular flexibility index (Phi) is 3.03. The molecule has 0 saturated heterocycles. The first-order chi connectivity index (χ1) is 7.56. The van der Waals surface area contributed by atoms with Gasteiger partial charge in [0.1, 0.15) is 16.3 Å². The monoisotopic (exact) mass is 254 g/mol. The van der Waals surface area contributed by atoms with Crippen LogP contribution in [0.1, 0.15) is 5.82 Å². The molecular formula is C11H8ClFN2S. The number of hydrogen-bond acceptors (Lipinski definition) is 2. The van der Waals surface area contributed by atoms with Gasteiger partial charge in [-0.3, -0.25) is 0 Å². The van der Waals surface area contributed by atoms with E-state index in [1.54, 1.807) is 18.2 Å². The number of benzene rings is 1. The standard InChI is InChI=1S/C11H8ClFN2S/c1-6-14-10(5-11(16)15-6)7-2-3-9(13)8(12)4-7/h2-5H,1H3,(H,14,15,16). The van der Waals surface area contributed by atoms with Gasteiger partial charge in [0, 0.05) is 5.69 Å². The third-order valence-corrected chi connectivity index (χ3v) is 2.59. The van der Waals surface area contributed by atoms with Crippen molar-refractivity contribution in [3.63, 3.8) is 0 Å². The molecule has 1 aromatic carbocycles. The highest BCUT2D eigenvalue weighted by Crippen LogP contribution is 2.23. The Morgan fingerprint density at radius 3 is 2.75 bits per heavy atom. The number of H-pyrrole nitrogens is 1. The Labute approximate surface area is 102 Å². The summed E-state index contributed by atoms with van der Waals surface area (Å²) in [6.07, 6.45) is 0. The Morgan fingerprint density at radius 2 is 2.12 bits per heavy atom. The van der Waals surface area contributed by atoms with Crippen molar-refractivity contribution in [3.8, 4) is 11.3 Å². The van der Waals surface area contributed by atoms with E-state index in [0.29, 0.717) is 10.5 Å². The molecule has 0 aliphatic carbocycles. The minimum absolute atomic E-state index is 0.0892. The molecule has 1 heterocycles. The smallest absolute Gasteiger partial charge is 0.141 e. The summed E-state index contributed by atoms with van der Waals surface area (Å²) < 4.78 is 13.5. The second-order valence-electron chi connectivity index (χ2n) is 3.35. The molecule has 0 aliphatic rings. The first kappa shape index (κ1) is 11.2. The zero-order chi connectivity index (χ0) is 11.7. The average molecular weight is 255 g/mol. The summed E-state index contributed by atoms with van der Waals surface area (Å²) in [5.41, 5.74) is 1.56. The maximum atomic E-state index is 13.0. The highest BCUT2D eigenvalue weighted by atomic mass is 35.5. The lowest BCUT2D eigenvalue weighted by atomic mass is 10.1. The van der Waals surface area contributed by atoms with Crippen molar-refractivity contribution < 1.29 is 4.39 Å². The van der Waals surface area contributed by atoms with E-state index in [0.717, 1.165) is 11.3 Å². The molecule has 82 valence electrons. The minimum Gasteiger partial charge on any atom is -0.343 e. The van der Waals surface area contributed by atoms with Crippen LogP contribution < -0.4 is 0 Å². The van der Waals surface area contributed by atoms with Gasteiger partial charge in [0.05, 0.1) is 5.02 Å². The molecule has 16 heavy (non-hydrogen) atoms. The van der Waals surface area contributed by atoms with Gasteiger partial charge in [-0.1, -0.05) is 23.8 Å². The van der Waals surface area contributed by atoms with Gasteiger partial charge in [-0.15, -0.1) is 0 Å². The zero-order valence-electron chi connectivity index (χ0n) is 8.42. The van der Waals surface area contributed by atoms with Crippen LogP contribution in [-0.4, -0.2) is 9.97 Å². The number of aromatic amines is 1. The molecule has 0 unspecified atom stereocenters. The predicted molar refractivity (Wildman–Crippen MR) is 64.6 cm³/mol. The van der Waals surface area contributed by atoms with Crippen LogP contribution in [0.2, 0.25) is 5.02 Å². The van der Waals surface area contributed by atoms with E-state index in [2.05, 4.69) is 9.97 Å². The number of nitrogens with zero attached hydrogens (tertiary/aromatic N) is 1. The van der Waals surface area contributed by atoms with Crippen molar-refractivity contribution in [3.05, 3.63) is 45.6 Å². The highest BCUT2D eigenvalue weighted by molar-refractivity contribution is 7.71. The fraction of sp³-hybridized carbons (Fsp3) is 0.0909. The molecular weight excluding hydrogens is 247 g/mol. The molecule has 2 nitrogen and oxygen atoms in total. The first-order valence-electron chi connectivity index (χ1n) is 4.59. The Balaban J connectivity index is 2.58. The lowest BCUT2D eigenvalue weighted by Gasteiger charge is -2.04. The van der Waals surface area contributed by atoms with Crippen LogP contribution in [0.3, 0.4) is 0 Å². The Morgan fingerprint density at radius 1 is 1.38 bits per heavy atom. The molecule has 0 saturated carbocycles. The summed E-state index contributed by atoms with van der Waals surface area (Å²) in [4.78, 5) is 7.10. The van der Waals surface area contributed by atoms with Gasteiger partial charge in [0.2, 0.25) is 0 Å². The normalized spacial score (nSPS) is 10.4. The second-order valence-corrected chi connectivity index (χ2v) is 4.17. The van der Waals surface area contributed by atoms with E-state index >= 15 is 0 Å². The van der Waals surface area contributed by atoms with E-state index in [-0.39, 0.29) is 5.02 Å². The van der Waals surface area contributed by atoms with Crippen molar-refractivity contribution >= 4 is 23.8 Å². The lowest BCUT2D eigenvalue weighted by Crippen LogP contribution is -1.91. The van der Waals surface area contributed by atoms with Crippen LogP contribution in [0, 0.1) is 17.4 Å². The number of rotatable bonds is 1. The molecule has 0 radical (unpaired) electrons. The maximum Gasteiger partial charge on any atom is 0.141 e. The van der Waals surface area contributed by atoms with Gasteiger partial charge in [-0.25, -0.2) is 9.37 Å². The minimum atomic E-state index is -0.435. The third kappa shape index (κ3) is 2.28. The molecule has 2 rings (SSSR count). The fourth-order valence-corrected chi connectivity index (χ4v) is 1.83. The van der Waals surface area contributed by atoms with Crippen LogP contribution >= 0.6 is 23.8 Å². The molecule has 0 aliphatic heterocycles. The molecule has 0 atom stereocenters. The summed E-state index contributed by atoms with van der Waals surface area (Å²) >= 11 is 10.7. The topological polar surface area (TPSA) is 28.7 Å². The molecule has 0 amide bonds. The molecule has 2 aromatic rings. The van der Waals surface area contributed by atoms with Crippen LogP contribution in [-0.2, 0) is 0 Å². The van der Waals surface area contributed by atoms with Crippen LogP contribution in [0.5, 0.6) is 0 Å². The van der Waals surface area contributed by atoms with Gasteiger partial charge in [0.15, 0.2) is 0 Å². The van der Waals surface area contributed by atoms with Crippen molar-refractivity contribution in [2.45, 2.75) is 6.92 Å². The van der Waals surface area contributed by atoms with Crippen LogP contribution in [0.15, 0.2) is 24.3 Å². The number of nitrogens with one attached hydrogen (secondary N) is 1. The summed E-state index contributed by atoms with van der Waals surface area (Å²) in [6, 6.07) is 6.23. The van der Waals surface area contributed by atoms with Crippen LogP contribution in [0.25, 0.3) is 11.3 Å². The van der Waals surface area contributed by atoms with Crippen molar-refractivity contribution in [1.29, 1.82) is 0 Å². The second kappa shape index (κ2) is 4.31. The van der Waals surface area contributed by atoms with Crippen LogP contribution in [0.4, 0.5) is 4.39 Å². The largest absolute Gasteiger partial charge is 0.343 e. The molecule has 1 N–H and O–H groups in total. The molecule has 0 bridgehead atoms. The molecule has 0 fully saturated rings. The van der Waals surface area contributed by atoms with E-state index < -0.39 is 5.82 Å². The van der Waals surface area contributed by atoms with Gasteiger partial charge < -0.3 is 4.98 Å². The highest BCUT2D eigenvalue weighted by Gasteiger charge is 2.04. The van der Waals surface area contributed by atoms with E-state index in [4.69, 9.17) is 23.8 Å². The van der Waals surface area contributed by atoms with E-state index in [9.17, 15) is 4.39 Å². The first-order valence-corrected chi connectivity index (χ1v) is 5.38. The summed E-state index contributed by atoms with van der Waals surface area (Å²) in [5.74, 6) is 0.276. The van der Waals surface area contributed by atoms with Gasteiger partial charge in [-0.2, -0.15) is 0 Å². The molecule has 0 spiro atoms. The van der Waals surface area contributed by atoms with Crippen molar-refractivity contribution in [2.75, 3.05) is 0 Å². The van der Waals surface area contributed by atoms with Crippen molar-refractivity contribution in [2.24, 2.45) is 0 Å². The number of hydrogen-bond donors (Lipinski definition) is 1. The summed E-state index contributed by atoms with van der Waals surface area (Å²) in [6.45, 7) is 1.81. The van der Waals surface area contributed by atoms with Gasteiger partial charge in [-0.05, 0) is 36.8 Å². The molecule has 1 aromatic heterocycles. The van der Waals surface area contributed by atoms with Crippen molar-refractivity contribution in [1.82, 2.24) is 9.97 Å². The number of aromatic nitrogens is 2. The predicted octanol–water partition coefficient (Wildman–Crippen LogP) is 3.91. The van der Waals surface area contributed by atoms with E-state index in [1.165, 1.54) is 6.07 Å².